The summed E-state index contributed by atoms with van der Waals surface area (Å²) in [4.78, 5) is 10.7. The molecule has 4 heterocycles. The molecule has 6 aromatic carbocycles. The maximum Gasteiger partial charge on any atom is 0.235 e. The summed E-state index contributed by atoms with van der Waals surface area (Å²) in [5.41, 5.74) is 8.39. The number of hydrogen-bond acceptors (Lipinski definition) is 3. The molecule has 4 nitrogen and oxygen atoms in total. The fourth-order valence-corrected chi connectivity index (χ4v) is 8.22. The van der Waals surface area contributed by atoms with E-state index in [1.54, 1.807) is 0 Å². The lowest BCUT2D eigenvalue weighted by atomic mass is 10.1. The highest BCUT2D eigenvalue weighted by Crippen LogP contribution is 2.44. The maximum absolute atomic E-state index is 5.33. The lowest BCUT2D eigenvalue weighted by Gasteiger charge is -2.12. The van der Waals surface area contributed by atoms with Crippen LogP contribution >= 0.6 is 11.3 Å². The number of para-hydroxylation sites is 1. The zero-order valence-corrected chi connectivity index (χ0v) is 26.0. The molecule has 47 heavy (non-hydrogen) atoms. The van der Waals surface area contributed by atoms with Crippen molar-refractivity contribution in [1.29, 1.82) is 0 Å². The van der Waals surface area contributed by atoms with Gasteiger partial charge in [0.2, 0.25) is 5.95 Å². The van der Waals surface area contributed by atoms with Gasteiger partial charge < -0.3 is 4.57 Å². The first-order valence-corrected chi connectivity index (χ1v) is 16.6. The van der Waals surface area contributed by atoms with Gasteiger partial charge in [-0.2, -0.15) is 0 Å². The first kappa shape index (κ1) is 26.2. The molecule has 0 saturated carbocycles. The van der Waals surface area contributed by atoms with Crippen molar-refractivity contribution in [3.63, 3.8) is 0 Å². The van der Waals surface area contributed by atoms with Crippen LogP contribution in [0.15, 0.2) is 158 Å². The van der Waals surface area contributed by atoms with E-state index in [1.165, 1.54) is 36.3 Å². The van der Waals surface area contributed by atoms with Gasteiger partial charge in [-0.1, -0.05) is 109 Å². The van der Waals surface area contributed by atoms with E-state index in [-0.39, 0.29) is 0 Å². The number of aromatic nitrogens is 4. The van der Waals surface area contributed by atoms with Crippen LogP contribution in [0.25, 0.3) is 87.0 Å². The molecule has 0 aliphatic rings. The topological polar surface area (TPSA) is 35.6 Å². The van der Waals surface area contributed by atoms with E-state index < -0.39 is 0 Å². The summed E-state index contributed by atoms with van der Waals surface area (Å²) in [6, 6.07) is 53.6. The summed E-state index contributed by atoms with van der Waals surface area (Å²) >= 11 is 1.84. The average Bonchev–Trinajstić information content (AvgIpc) is 3.83. The molecular formula is C42H26N4S. The van der Waals surface area contributed by atoms with Crippen LogP contribution in [-0.2, 0) is 0 Å². The third-order valence-electron chi connectivity index (χ3n) is 9.17. The molecule has 0 radical (unpaired) electrons. The van der Waals surface area contributed by atoms with Crippen LogP contribution in [0, 0.1) is 0 Å². The Kier molecular flexibility index (Phi) is 5.71. The molecule has 0 N–H and O–H groups in total. The van der Waals surface area contributed by atoms with Gasteiger partial charge in [0.05, 0.1) is 32.6 Å². The second-order valence-electron chi connectivity index (χ2n) is 11.9. The first-order valence-electron chi connectivity index (χ1n) is 15.8. The summed E-state index contributed by atoms with van der Waals surface area (Å²) in [5, 5.41) is 6.11. The van der Waals surface area contributed by atoms with E-state index in [1.807, 2.05) is 23.5 Å². The van der Waals surface area contributed by atoms with Crippen LogP contribution < -0.4 is 0 Å². The van der Waals surface area contributed by atoms with E-state index in [9.17, 15) is 0 Å². The fourth-order valence-electron chi connectivity index (χ4n) is 6.98. The Morgan fingerprint density at radius 3 is 1.85 bits per heavy atom. The molecule has 0 saturated heterocycles. The minimum absolute atomic E-state index is 0.660. The van der Waals surface area contributed by atoms with Gasteiger partial charge in [-0.15, -0.1) is 11.3 Å². The molecule has 0 aliphatic carbocycles. The van der Waals surface area contributed by atoms with Gasteiger partial charge >= 0.3 is 0 Å². The van der Waals surface area contributed by atoms with Crippen LogP contribution in [-0.4, -0.2) is 19.1 Å². The molecule has 0 spiro atoms. The molecule has 0 amide bonds. The van der Waals surface area contributed by atoms with Crippen molar-refractivity contribution >= 4 is 64.2 Å². The number of benzene rings is 6. The molecule has 0 atom stereocenters. The van der Waals surface area contributed by atoms with Crippen LogP contribution in [0.2, 0.25) is 0 Å². The zero-order chi connectivity index (χ0) is 30.9. The Morgan fingerprint density at radius 2 is 1.13 bits per heavy atom. The van der Waals surface area contributed by atoms with Crippen molar-refractivity contribution in [3.8, 4) is 34.2 Å². The van der Waals surface area contributed by atoms with Crippen LogP contribution in [0.4, 0.5) is 0 Å². The predicted octanol–water partition coefficient (Wildman–Crippen LogP) is 11.2. The number of fused-ring (bicyclic) bond motifs is 8. The van der Waals surface area contributed by atoms with Crippen LogP contribution in [0.5, 0.6) is 0 Å². The highest BCUT2D eigenvalue weighted by Gasteiger charge is 2.22. The van der Waals surface area contributed by atoms with Gasteiger partial charge in [-0.25, -0.2) is 9.97 Å². The third kappa shape index (κ3) is 4.07. The Hall–Kier alpha value is -6.04. The van der Waals surface area contributed by atoms with E-state index >= 15 is 0 Å². The average molecular weight is 619 g/mol. The summed E-state index contributed by atoms with van der Waals surface area (Å²) < 4.78 is 7.09. The Balaban J connectivity index is 1.37. The summed E-state index contributed by atoms with van der Waals surface area (Å²) in [7, 11) is 0. The minimum Gasteiger partial charge on any atom is -0.316 e. The molecule has 220 valence electrons. The molecule has 10 rings (SSSR count). The van der Waals surface area contributed by atoms with E-state index in [4.69, 9.17) is 9.97 Å². The minimum atomic E-state index is 0.660. The summed E-state index contributed by atoms with van der Waals surface area (Å²) in [5.74, 6) is 0.660. The second kappa shape index (κ2) is 10.2. The van der Waals surface area contributed by atoms with Crippen molar-refractivity contribution in [1.82, 2.24) is 19.1 Å². The summed E-state index contributed by atoms with van der Waals surface area (Å²) in [6.45, 7) is 0. The second-order valence-corrected chi connectivity index (χ2v) is 12.9. The normalized spacial score (nSPS) is 11.8. The Bertz CT molecular complexity index is 2720. The molecular weight excluding hydrogens is 593 g/mol. The fraction of sp³-hybridized carbons (Fsp3) is 0. The highest BCUT2D eigenvalue weighted by molar-refractivity contribution is 7.26. The lowest BCUT2D eigenvalue weighted by Crippen LogP contribution is -2.04. The van der Waals surface area contributed by atoms with Crippen LogP contribution in [0.3, 0.4) is 0 Å². The van der Waals surface area contributed by atoms with Crippen LogP contribution in [0.1, 0.15) is 0 Å². The van der Waals surface area contributed by atoms with Gasteiger partial charge in [0.25, 0.3) is 0 Å². The molecule has 0 aliphatic heterocycles. The largest absolute Gasteiger partial charge is 0.316 e. The van der Waals surface area contributed by atoms with E-state index in [0.29, 0.717) is 5.95 Å². The van der Waals surface area contributed by atoms with Crippen molar-refractivity contribution in [3.05, 3.63) is 158 Å². The van der Waals surface area contributed by atoms with E-state index in [2.05, 4.69) is 155 Å². The van der Waals surface area contributed by atoms with Crippen molar-refractivity contribution in [2.75, 3.05) is 0 Å². The standard InChI is InChI=1S/C42H26N4S/c1-4-12-27(13-5-1)35-25-36(28-14-6-2-7-15-28)44-42(43-35)46-38-26-37-29(22-23-45(37)30-16-8-3-9-17-30)24-34(38)32-20-21-33-31-18-10-11-19-39(31)47-41(33)40(32)46/h1-26H. The maximum atomic E-state index is 5.33. The Morgan fingerprint density at radius 1 is 0.489 bits per heavy atom. The molecule has 10 aromatic rings. The van der Waals surface area contributed by atoms with Gasteiger partial charge in [0, 0.05) is 54.6 Å². The van der Waals surface area contributed by atoms with Crippen molar-refractivity contribution in [2.45, 2.75) is 0 Å². The molecule has 0 unspecified atom stereocenters. The van der Waals surface area contributed by atoms with E-state index in [0.717, 1.165) is 44.8 Å². The summed E-state index contributed by atoms with van der Waals surface area (Å²) in [6.07, 6.45) is 2.16. The van der Waals surface area contributed by atoms with Gasteiger partial charge in [0.15, 0.2) is 0 Å². The predicted molar refractivity (Wildman–Crippen MR) is 197 cm³/mol. The number of rotatable bonds is 4. The molecule has 0 bridgehead atoms. The third-order valence-corrected chi connectivity index (χ3v) is 10.4. The quantitative estimate of drug-likeness (QED) is 0.197. The number of thiophene rings is 1. The smallest absolute Gasteiger partial charge is 0.235 e. The molecule has 5 heteroatoms. The zero-order valence-electron chi connectivity index (χ0n) is 25.2. The first-order chi connectivity index (χ1) is 23.3. The molecule has 0 fully saturated rings. The van der Waals surface area contributed by atoms with Crippen molar-refractivity contribution < 1.29 is 0 Å². The van der Waals surface area contributed by atoms with Crippen molar-refractivity contribution in [2.24, 2.45) is 0 Å². The number of hydrogen-bond donors (Lipinski definition) is 0. The van der Waals surface area contributed by atoms with Gasteiger partial charge in [0.1, 0.15) is 0 Å². The SMILES string of the molecule is c1ccc(-c2cc(-c3ccccc3)nc(-n3c4cc5c(ccn5-c5ccccc5)cc4c4ccc5c6ccccc6sc5c43)n2)cc1. The van der Waals surface area contributed by atoms with Gasteiger partial charge in [-0.3, -0.25) is 4.57 Å². The monoisotopic (exact) mass is 618 g/mol. The Labute approximate surface area is 274 Å². The highest BCUT2D eigenvalue weighted by atomic mass is 32.1. The lowest BCUT2D eigenvalue weighted by molar-refractivity contribution is 0.998. The van der Waals surface area contributed by atoms with Gasteiger partial charge in [-0.05, 0) is 42.5 Å². The number of nitrogens with zero attached hydrogens (tertiary/aromatic N) is 4. The molecule has 4 aromatic heterocycles.